The molecule has 0 aliphatic carbocycles. The molecule has 1 amide bonds. The third-order valence-electron chi connectivity index (χ3n) is 3.15. The van der Waals surface area contributed by atoms with Crippen molar-refractivity contribution in [3.05, 3.63) is 30.2 Å². The number of anilines is 1. The van der Waals surface area contributed by atoms with Crippen molar-refractivity contribution in [2.24, 2.45) is 0 Å². The molecule has 118 valence electrons. The van der Waals surface area contributed by atoms with Crippen LogP contribution in [0.15, 0.2) is 28.8 Å². The number of nitrogens with one attached hydrogen (secondary N) is 2. The molecule has 0 radical (unpaired) electrons. The van der Waals surface area contributed by atoms with Gasteiger partial charge in [-0.3, -0.25) is 4.79 Å². The van der Waals surface area contributed by atoms with Crippen LogP contribution in [-0.2, 0) is 9.53 Å². The van der Waals surface area contributed by atoms with Crippen LogP contribution in [0.25, 0.3) is 11.4 Å². The second-order valence-electron chi connectivity index (χ2n) is 4.79. The summed E-state index contributed by atoms with van der Waals surface area (Å²) in [6.07, 6.45) is 0. The first-order valence-corrected chi connectivity index (χ1v) is 6.75. The Balaban J connectivity index is 0.00000176. The fraction of sp³-hybridized carbons (Fsp3) is 0.357. The summed E-state index contributed by atoms with van der Waals surface area (Å²) in [5.41, 5.74) is 1.48. The number of aromatic nitrogens is 2. The highest BCUT2D eigenvalue weighted by Crippen LogP contribution is 2.20. The summed E-state index contributed by atoms with van der Waals surface area (Å²) in [6.45, 7) is 3.43. The average molecular weight is 325 g/mol. The highest BCUT2D eigenvalue weighted by atomic mass is 35.5. The van der Waals surface area contributed by atoms with Gasteiger partial charge in [-0.05, 0) is 12.1 Å². The smallest absolute Gasteiger partial charge is 0.243 e. The van der Waals surface area contributed by atoms with E-state index in [9.17, 15) is 4.79 Å². The van der Waals surface area contributed by atoms with Crippen LogP contribution in [0.3, 0.4) is 0 Å². The number of amides is 1. The number of aryl methyl sites for hydroxylation is 1. The molecular formula is C14H17ClN4O3. The third-order valence-corrected chi connectivity index (χ3v) is 3.15. The Hall–Kier alpha value is -1.96. The quantitative estimate of drug-likeness (QED) is 0.887. The summed E-state index contributed by atoms with van der Waals surface area (Å²) in [6, 6.07) is 7.00. The fourth-order valence-electron chi connectivity index (χ4n) is 2.12. The predicted octanol–water partition coefficient (Wildman–Crippen LogP) is 1.39. The van der Waals surface area contributed by atoms with Gasteiger partial charge in [0, 0.05) is 24.7 Å². The summed E-state index contributed by atoms with van der Waals surface area (Å²) >= 11 is 0. The number of morpholine rings is 1. The molecule has 1 aromatic carbocycles. The molecule has 1 saturated heterocycles. The van der Waals surface area contributed by atoms with Crippen LogP contribution in [0.5, 0.6) is 0 Å². The molecule has 1 fully saturated rings. The molecule has 0 saturated carbocycles. The molecular weight excluding hydrogens is 308 g/mol. The minimum absolute atomic E-state index is 0. The molecule has 7 nitrogen and oxygen atoms in total. The lowest BCUT2D eigenvalue weighted by Gasteiger charge is -2.22. The largest absolute Gasteiger partial charge is 0.378 e. The lowest BCUT2D eigenvalue weighted by atomic mass is 10.2. The van der Waals surface area contributed by atoms with Crippen LogP contribution in [0.1, 0.15) is 5.89 Å². The third kappa shape index (κ3) is 3.82. The number of benzene rings is 1. The van der Waals surface area contributed by atoms with Gasteiger partial charge in [-0.2, -0.15) is 4.98 Å². The van der Waals surface area contributed by atoms with Crippen LogP contribution in [-0.4, -0.2) is 41.8 Å². The van der Waals surface area contributed by atoms with Crippen molar-refractivity contribution in [1.82, 2.24) is 15.5 Å². The van der Waals surface area contributed by atoms with Crippen molar-refractivity contribution < 1.29 is 14.1 Å². The first-order valence-electron chi connectivity index (χ1n) is 6.75. The molecule has 1 atom stereocenters. The van der Waals surface area contributed by atoms with Gasteiger partial charge in [-0.1, -0.05) is 17.3 Å². The zero-order valence-electron chi connectivity index (χ0n) is 12.0. The summed E-state index contributed by atoms with van der Waals surface area (Å²) in [5, 5.41) is 9.84. The zero-order valence-corrected chi connectivity index (χ0v) is 12.9. The van der Waals surface area contributed by atoms with Crippen molar-refractivity contribution in [3.8, 4) is 11.4 Å². The fourth-order valence-corrected chi connectivity index (χ4v) is 2.12. The normalized spacial score (nSPS) is 17.6. The predicted molar refractivity (Wildman–Crippen MR) is 83.0 cm³/mol. The van der Waals surface area contributed by atoms with Gasteiger partial charge >= 0.3 is 0 Å². The summed E-state index contributed by atoms with van der Waals surface area (Å²) in [7, 11) is 0. The Bertz CT molecular complexity index is 641. The van der Waals surface area contributed by atoms with Gasteiger partial charge in [0.2, 0.25) is 17.6 Å². The maximum atomic E-state index is 12.1. The van der Waals surface area contributed by atoms with Gasteiger partial charge in [-0.15, -0.1) is 12.4 Å². The molecule has 2 heterocycles. The molecule has 1 aliphatic heterocycles. The number of nitrogens with zero attached hydrogens (tertiary/aromatic N) is 2. The summed E-state index contributed by atoms with van der Waals surface area (Å²) in [5.74, 6) is 0.891. The van der Waals surface area contributed by atoms with Crippen molar-refractivity contribution >= 4 is 24.0 Å². The monoisotopic (exact) mass is 324 g/mol. The Morgan fingerprint density at radius 2 is 2.32 bits per heavy atom. The van der Waals surface area contributed by atoms with Crippen LogP contribution in [0, 0.1) is 6.92 Å². The Labute approximate surface area is 133 Å². The van der Waals surface area contributed by atoms with Crippen molar-refractivity contribution in [3.63, 3.8) is 0 Å². The number of hydrogen-bond donors (Lipinski definition) is 2. The highest BCUT2D eigenvalue weighted by molar-refractivity contribution is 5.95. The van der Waals surface area contributed by atoms with Gasteiger partial charge in [0.15, 0.2) is 0 Å². The zero-order chi connectivity index (χ0) is 14.7. The number of carbonyl (C=O) groups excluding carboxylic acids is 1. The van der Waals surface area contributed by atoms with Gasteiger partial charge in [0.1, 0.15) is 6.04 Å². The van der Waals surface area contributed by atoms with E-state index in [1.54, 1.807) is 6.92 Å². The molecule has 2 N–H and O–H groups in total. The molecule has 8 heteroatoms. The van der Waals surface area contributed by atoms with Gasteiger partial charge in [0.05, 0.1) is 13.2 Å². The van der Waals surface area contributed by atoms with E-state index in [-0.39, 0.29) is 24.4 Å². The van der Waals surface area contributed by atoms with Gasteiger partial charge < -0.3 is 19.9 Å². The Morgan fingerprint density at radius 3 is 3.00 bits per heavy atom. The Morgan fingerprint density at radius 1 is 1.45 bits per heavy atom. The number of hydrogen-bond acceptors (Lipinski definition) is 6. The average Bonchev–Trinajstić information content (AvgIpc) is 2.95. The van der Waals surface area contributed by atoms with Gasteiger partial charge in [0.25, 0.3) is 0 Å². The van der Waals surface area contributed by atoms with E-state index in [1.807, 2.05) is 24.3 Å². The molecule has 1 unspecified atom stereocenters. The van der Waals surface area contributed by atoms with Crippen molar-refractivity contribution in [2.45, 2.75) is 13.0 Å². The van der Waals surface area contributed by atoms with Gasteiger partial charge in [-0.25, -0.2) is 0 Å². The van der Waals surface area contributed by atoms with E-state index in [0.29, 0.717) is 37.2 Å². The second-order valence-corrected chi connectivity index (χ2v) is 4.79. The topological polar surface area (TPSA) is 89.3 Å². The molecule has 2 aromatic rings. The van der Waals surface area contributed by atoms with E-state index in [2.05, 4.69) is 20.8 Å². The van der Waals surface area contributed by atoms with Crippen molar-refractivity contribution in [1.29, 1.82) is 0 Å². The second kappa shape index (κ2) is 7.35. The van der Waals surface area contributed by atoms with Crippen molar-refractivity contribution in [2.75, 3.05) is 25.1 Å². The lowest BCUT2D eigenvalue weighted by Crippen LogP contribution is -2.48. The molecule has 0 bridgehead atoms. The van der Waals surface area contributed by atoms with E-state index in [0.717, 1.165) is 5.56 Å². The van der Waals surface area contributed by atoms with E-state index in [1.165, 1.54) is 0 Å². The first kappa shape index (κ1) is 16.4. The molecule has 1 aromatic heterocycles. The van der Waals surface area contributed by atoms with E-state index < -0.39 is 0 Å². The van der Waals surface area contributed by atoms with Crippen LogP contribution >= 0.6 is 12.4 Å². The minimum atomic E-state index is -0.324. The van der Waals surface area contributed by atoms with Crippen LogP contribution < -0.4 is 10.6 Å². The lowest BCUT2D eigenvalue weighted by molar-refractivity contribution is -0.120. The van der Waals surface area contributed by atoms with Crippen LogP contribution in [0.2, 0.25) is 0 Å². The highest BCUT2D eigenvalue weighted by Gasteiger charge is 2.21. The SMILES string of the molecule is Cc1nc(-c2cccc(NC(=O)C3COCCN3)c2)no1.Cl. The number of rotatable bonds is 3. The maximum absolute atomic E-state index is 12.1. The standard InChI is InChI=1S/C14H16N4O3.ClH/c1-9-16-13(18-21-9)10-3-2-4-11(7-10)17-14(19)12-8-20-6-5-15-12;/h2-4,7,12,15H,5-6,8H2,1H3,(H,17,19);1H. The number of carbonyl (C=O) groups is 1. The van der Waals surface area contributed by atoms with E-state index in [4.69, 9.17) is 9.26 Å². The maximum Gasteiger partial charge on any atom is 0.243 e. The minimum Gasteiger partial charge on any atom is -0.378 e. The number of halogens is 1. The summed E-state index contributed by atoms with van der Waals surface area (Å²) < 4.78 is 10.2. The summed E-state index contributed by atoms with van der Waals surface area (Å²) in [4.78, 5) is 16.3. The molecule has 0 spiro atoms. The first-order chi connectivity index (χ1) is 10.2. The Kier molecular flexibility index (Phi) is 5.48. The van der Waals surface area contributed by atoms with Crippen LogP contribution in [0.4, 0.5) is 5.69 Å². The van der Waals surface area contributed by atoms with E-state index >= 15 is 0 Å². The number of ether oxygens (including phenoxy) is 1. The molecule has 22 heavy (non-hydrogen) atoms. The molecule has 3 rings (SSSR count). The molecule has 1 aliphatic rings.